The van der Waals surface area contributed by atoms with Gasteiger partial charge in [0, 0.05) is 56.7 Å². The molecule has 1 aromatic carbocycles. The lowest BCUT2D eigenvalue weighted by Gasteiger charge is -2.21. The maximum atomic E-state index is 12.3. The van der Waals surface area contributed by atoms with Crippen LogP contribution in [0.15, 0.2) is 18.2 Å². The molecule has 7 nitrogen and oxygen atoms in total. The van der Waals surface area contributed by atoms with Gasteiger partial charge >= 0.3 is 6.03 Å². The number of hydrogen-bond acceptors (Lipinski definition) is 4. The lowest BCUT2D eigenvalue weighted by atomic mass is 10.1. The number of likely N-dealkylation sites (tertiary alicyclic amines) is 1. The molecular formula is C18H26ClN3O4. The molecule has 1 N–H and O–H groups in total. The minimum absolute atomic E-state index is 0.110. The van der Waals surface area contributed by atoms with Crippen molar-refractivity contribution < 1.29 is 19.1 Å². The first kappa shape index (κ1) is 20.3. The number of benzene rings is 1. The molecule has 0 bridgehead atoms. The van der Waals surface area contributed by atoms with Crippen molar-refractivity contribution in [3.8, 4) is 5.75 Å². The molecule has 0 saturated carbocycles. The number of ether oxygens (including phenoxy) is 2. The van der Waals surface area contributed by atoms with Crippen LogP contribution in [0, 0.1) is 5.92 Å². The van der Waals surface area contributed by atoms with Crippen LogP contribution in [0.4, 0.5) is 4.79 Å². The van der Waals surface area contributed by atoms with Crippen molar-refractivity contribution in [1.82, 2.24) is 15.1 Å². The first-order valence-corrected chi connectivity index (χ1v) is 8.90. The SMILES string of the molecule is COCCN1C[C@@H](CNC(=O)N(C)Cc2cc(Cl)ccc2OC)CC1=O. The van der Waals surface area contributed by atoms with E-state index in [0.29, 0.717) is 50.0 Å². The van der Waals surface area contributed by atoms with Crippen LogP contribution in [-0.2, 0) is 16.1 Å². The van der Waals surface area contributed by atoms with E-state index in [-0.39, 0.29) is 17.9 Å². The van der Waals surface area contributed by atoms with E-state index in [9.17, 15) is 9.59 Å². The highest BCUT2D eigenvalue weighted by Gasteiger charge is 2.29. The predicted molar refractivity (Wildman–Crippen MR) is 99.4 cm³/mol. The summed E-state index contributed by atoms with van der Waals surface area (Å²) >= 11 is 6.03. The van der Waals surface area contributed by atoms with E-state index in [0.717, 1.165) is 5.56 Å². The summed E-state index contributed by atoms with van der Waals surface area (Å²) in [7, 11) is 4.91. The van der Waals surface area contributed by atoms with Gasteiger partial charge in [-0.05, 0) is 18.2 Å². The minimum Gasteiger partial charge on any atom is -0.496 e. The summed E-state index contributed by atoms with van der Waals surface area (Å²) in [6, 6.07) is 5.11. The van der Waals surface area contributed by atoms with Crippen molar-refractivity contribution >= 4 is 23.5 Å². The Balaban J connectivity index is 1.83. The van der Waals surface area contributed by atoms with Crippen molar-refractivity contribution in [2.75, 3.05) is 47.5 Å². The third kappa shape index (κ3) is 5.51. The second kappa shape index (κ2) is 9.64. The summed E-state index contributed by atoms with van der Waals surface area (Å²) < 4.78 is 10.3. The smallest absolute Gasteiger partial charge is 0.317 e. The quantitative estimate of drug-likeness (QED) is 0.745. The average Bonchev–Trinajstić information content (AvgIpc) is 2.97. The normalized spacial score (nSPS) is 16.7. The molecule has 0 aromatic heterocycles. The van der Waals surface area contributed by atoms with Crippen LogP contribution in [0.1, 0.15) is 12.0 Å². The number of halogens is 1. The van der Waals surface area contributed by atoms with E-state index in [4.69, 9.17) is 21.1 Å². The molecule has 1 heterocycles. The van der Waals surface area contributed by atoms with Gasteiger partial charge in [-0.1, -0.05) is 11.6 Å². The number of carbonyl (C=O) groups excluding carboxylic acids is 2. The van der Waals surface area contributed by atoms with Crippen LogP contribution >= 0.6 is 11.6 Å². The molecule has 0 unspecified atom stereocenters. The zero-order valence-electron chi connectivity index (χ0n) is 15.5. The fraction of sp³-hybridized carbons (Fsp3) is 0.556. The number of amides is 3. The Morgan fingerprint density at radius 3 is 2.88 bits per heavy atom. The van der Waals surface area contributed by atoms with Gasteiger partial charge in [0.05, 0.1) is 20.3 Å². The largest absolute Gasteiger partial charge is 0.496 e. The maximum absolute atomic E-state index is 12.3. The summed E-state index contributed by atoms with van der Waals surface area (Å²) in [5.74, 6) is 0.917. The van der Waals surface area contributed by atoms with Gasteiger partial charge in [0.2, 0.25) is 5.91 Å². The fourth-order valence-electron chi connectivity index (χ4n) is 2.97. The fourth-order valence-corrected chi connectivity index (χ4v) is 3.17. The second-order valence-corrected chi connectivity index (χ2v) is 6.84. The number of hydrogen-bond donors (Lipinski definition) is 1. The zero-order chi connectivity index (χ0) is 19.1. The Morgan fingerprint density at radius 1 is 1.42 bits per heavy atom. The molecule has 144 valence electrons. The number of urea groups is 1. The molecule has 2 rings (SSSR count). The molecule has 1 aromatic rings. The van der Waals surface area contributed by atoms with Gasteiger partial charge in [0.15, 0.2) is 0 Å². The summed E-state index contributed by atoms with van der Waals surface area (Å²) in [5.41, 5.74) is 0.833. The molecule has 1 fully saturated rings. The van der Waals surface area contributed by atoms with E-state index in [1.165, 1.54) is 0 Å². The van der Waals surface area contributed by atoms with E-state index < -0.39 is 0 Å². The highest BCUT2D eigenvalue weighted by atomic mass is 35.5. The predicted octanol–water partition coefficient (Wildman–Crippen LogP) is 1.98. The zero-order valence-corrected chi connectivity index (χ0v) is 16.2. The van der Waals surface area contributed by atoms with Crippen LogP contribution in [0.2, 0.25) is 5.02 Å². The third-order valence-corrected chi connectivity index (χ3v) is 4.63. The molecule has 3 amide bonds. The Morgan fingerprint density at radius 2 is 2.19 bits per heavy atom. The van der Waals surface area contributed by atoms with Crippen LogP contribution in [0.3, 0.4) is 0 Å². The standard InChI is InChI=1S/C18H26ClN3O4/c1-21(12-14-9-15(19)4-5-16(14)26-3)18(24)20-10-13-8-17(23)22(11-13)6-7-25-2/h4-5,9,13H,6-8,10-12H2,1-3H3,(H,20,24)/t13-/m1/s1. The van der Waals surface area contributed by atoms with Gasteiger partial charge in [-0.25, -0.2) is 4.79 Å². The summed E-state index contributed by atoms with van der Waals surface area (Å²) in [5, 5.41) is 3.49. The maximum Gasteiger partial charge on any atom is 0.317 e. The molecular weight excluding hydrogens is 358 g/mol. The van der Waals surface area contributed by atoms with Crippen molar-refractivity contribution in [3.05, 3.63) is 28.8 Å². The molecule has 1 aliphatic rings. The molecule has 26 heavy (non-hydrogen) atoms. The molecule has 1 saturated heterocycles. The van der Waals surface area contributed by atoms with Gasteiger partial charge < -0.3 is 24.6 Å². The Kier molecular flexibility index (Phi) is 7.53. The Hall–Kier alpha value is -1.99. The monoisotopic (exact) mass is 383 g/mol. The number of nitrogens with zero attached hydrogens (tertiary/aromatic N) is 2. The van der Waals surface area contributed by atoms with Gasteiger partial charge in [0.25, 0.3) is 0 Å². The number of carbonyl (C=O) groups is 2. The van der Waals surface area contributed by atoms with Crippen LogP contribution in [0.25, 0.3) is 0 Å². The molecule has 1 atom stereocenters. The van der Waals surface area contributed by atoms with Gasteiger partial charge in [-0.3, -0.25) is 4.79 Å². The summed E-state index contributed by atoms with van der Waals surface area (Å²) in [4.78, 5) is 27.6. The number of methoxy groups -OCH3 is 2. The molecule has 0 aliphatic carbocycles. The van der Waals surface area contributed by atoms with E-state index in [1.54, 1.807) is 49.3 Å². The van der Waals surface area contributed by atoms with Crippen molar-refractivity contribution in [2.45, 2.75) is 13.0 Å². The highest BCUT2D eigenvalue weighted by molar-refractivity contribution is 6.30. The van der Waals surface area contributed by atoms with Crippen molar-refractivity contribution in [3.63, 3.8) is 0 Å². The average molecular weight is 384 g/mol. The molecule has 8 heteroatoms. The number of nitrogens with one attached hydrogen (secondary N) is 1. The second-order valence-electron chi connectivity index (χ2n) is 6.40. The lowest BCUT2D eigenvalue weighted by molar-refractivity contribution is -0.128. The number of rotatable bonds is 8. The first-order valence-electron chi connectivity index (χ1n) is 8.52. The molecule has 0 spiro atoms. The molecule has 0 radical (unpaired) electrons. The topological polar surface area (TPSA) is 71.1 Å². The van der Waals surface area contributed by atoms with Crippen molar-refractivity contribution in [1.29, 1.82) is 0 Å². The summed E-state index contributed by atoms with van der Waals surface area (Å²) in [6.07, 6.45) is 0.454. The van der Waals surface area contributed by atoms with Gasteiger partial charge in [0.1, 0.15) is 5.75 Å². The van der Waals surface area contributed by atoms with Crippen molar-refractivity contribution in [2.24, 2.45) is 5.92 Å². The van der Waals surface area contributed by atoms with Crippen LogP contribution in [-0.4, -0.2) is 69.2 Å². The summed E-state index contributed by atoms with van der Waals surface area (Å²) in [6.45, 7) is 2.60. The van der Waals surface area contributed by atoms with Gasteiger partial charge in [-0.2, -0.15) is 0 Å². The highest BCUT2D eigenvalue weighted by Crippen LogP contribution is 2.24. The third-order valence-electron chi connectivity index (χ3n) is 4.40. The Labute approximate surface area is 159 Å². The minimum atomic E-state index is -0.199. The van der Waals surface area contributed by atoms with Gasteiger partial charge in [-0.15, -0.1) is 0 Å². The van der Waals surface area contributed by atoms with E-state index in [1.807, 2.05) is 0 Å². The van der Waals surface area contributed by atoms with Crippen LogP contribution < -0.4 is 10.1 Å². The molecule has 1 aliphatic heterocycles. The van der Waals surface area contributed by atoms with E-state index in [2.05, 4.69) is 5.32 Å². The Bertz CT molecular complexity index is 641. The van der Waals surface area contributed by atoms with Crippen LogP contribution in [0.5, 0.6) is 5.75 Å². The van der Waals surface area contributed by atoms with E-state index >= 15 is 0 Å². The lowest BCUT2D eigenvalue weighted by Crippen LogP contribution is -2.39. The first-order chi connectivity index (χ1) is 12.4.